The lowest BCUT2D eigenvalue weighted by Gasteiger charge is -2.35. The van der Waals surface area contributed by atoms with Gasteiger partial charge in [-0.25, -0.2) is 0 Å². The van der Waals surface area contributed by atoms with E-state index in [1.54, 1.807) is 14.2 Å². The number of hydrogen-bond acceptors (Lipinski definition) is 3. The standard InChI is InChI=1S/C8H16N2O2/c1-9-8(11)6-3-4-7(6)10-5-12-2/h6-7,10H,3-5H2,1-2H3,(H,9,11)/t6-,7-/m1/s1. The third-order valence-electron chi connectivity index (χ3n) is 2.35. The Balaban J connectivity index is 2.24. The largest absolute Gasteiger partial charge is 0.370 e. The number of hydrogen-bond donors (Lipinski definition) is 2. The fourth-order valence-corrected chi connectivity index (χ4v) is 1.43. The molecule has 0 unspecified atom stereocenters. The maximum absolute atomic E-state index is 11.2. The lowest BCUT2D eigenvalue weighted by molar-refractivity contribution is -0.128. The molecule has 0 spiro atoms. The van der Waals surface area contributed by atoms with Gasteiger partial charge in [0.2, 0.25) is 5.91 Å². The topological polar surface area (TPSA) is 50.4 Å². The highest BCUT2D eigenvalue weighted by atomic mass is 16.5. The minimum Gasteiger partial charge on any atom is -0.370 e. The molecule has 2 N–H and O–H groups in total. The van der Waals surface area contributed by atoms with Crippen LogP contribution in [0.25, 0.3) is 0 Å². The van der Waals surface area contributed by atoms with Crippen LogP contribution in [0.2, 0.25) is 0 Å². The van der Waals surface area contributed by atoms with Crippen LogP contribution in [0, 0.1) is 5.92 Å². The number of rotatable bonds is 4. The van der Waals surface area contributed by atoms with Gasteiger partial charge < -0.3 is 10.1 Å². The molecular formula is C8H16N2O2. The van der Waals surface area contributed by atoms with Gasteiger partial charge in [-0.1, -0.05) is 0 Å². The molecule has 1 rings (SSSR count). The Bertz CT molecular complexity index is 161. The van der Waals surface area contributed by atoms with Crippen molar-refractivity contribution in [3.05, 3.63) is 0 Å². The molecule has 0 saturated heterocycles. The van der Waals surface area contributed by atoms with Crippen molar-refractivity contribution in [1.29, 1.82) is 0 Å². The SMILES string of the molecule is CNC(=O)[C@@H]1CC[C@H]1NCOC. The lowest BCUT2D eigenvalue weighted by Crippen LogP contribution is -2.51. The molecular weight excluding hydrogens is 156 g/mol. The first-order valence-corrected chi connectivity index (χ1v) is 4.23. The summed E-state index contributed by atoms with van der Waals surface area (Å²) in [5.41, 5.74) is 0. The first-order valence-electron chi connectivity index (χ1n) is 4.23. The summed E-state index contributed by atoms with van der Waals surface area (Å²) in [6, 6.07) is 0.310. The Kier molecular flexibility index (Phi) is 3.49. The van der Waals surface area contributed by atoms with Gasteiger partial charge in [-0.15, -0.1) is 0 Å². The molecule has 1 fully saturated rings. The second kappa shape index (κ2) is 4.42. The summed E-state index contributed by atoms with van der Waals surface area (Å²) >= 11 is 0. The number of carbonyl (C=O) groups is 1. The van der Waals surface area contributed by atoms with E-state index in [-0.39, 0.29) is 11.8 Å². The average molecular weight is 172 g/mol. The fourth-order valence-electron chi connectivity index (χ4n) is 1.43. The predicted molar refractivity (Wildman–Crippen MR) is 45.6 cm³/mol. The Labute approximate surface area is 72.7 Å². The van der Waals surface area contributed by atoms with Crippen molar-refractivity contribution in [3.8, 4) is 0 Å². The fraction of sp³-hybridized carbons (Fsp3) is 0.875. The molecule has 2 atom stereocenters. The van der Waals surface area contributed by atoms with Gasteiger partial charge in [0.15, 0.2) is 0 Å². The van der Waals surface area contributed by atoms with Crippen molar-refractivity contribution in [1.82, 2.24) is 10.6 Å². The molecule has 1 amide bonds. The van der Waals surface area contributed by atoms with Gasteiger partial charge in [-0.2, -0.15) is 0 Å². The minimum atomic E-state index is 0.134. The van der Waals surface area contributed by atoms with Gasteiger partial charge in [-0.05, 0) is 12.8 Å². The third-order valence-corrected chi connectivity index (χ3v) is 2.35. The molecule has 70 valence electrons. The highest BCUT2D eigenvalue weighted by Gasteiger charge is 2.35. The predicted octanol–water partition coefficient (Wildman–Crippen LogP) is -0.295. The van der Waals surface area contributed by atoms with Crippen LogP contribution in [0.1, 0.15) is 12.8 Å². The van der Waals surface area contributed by atoms with Crippen LogP contribution in [-0.2, 0) is 9.53 Å². The van der Waals surface area contributed by atoms with Crippen LogP contribution in [0.3, 0.4) is 0 Å². The Morgan fingerprint density at radius 2 is 2.33 bits per heavy atom. The number of carbonyl (C=O) groups excluding carboxylic acids is 1. The van der Waals surface area contributed by atoms with E-state index in [1.165, 1.54) is 0 Å². The van der Waals surface area contributed by atoms with E-state index in [0.717, 1.165) is 12.8 Å². The van der Waals surface area contributed by atoms with E-state index in [1.807, 2.05) is 0 Å². The summed E-state index contributed by atoms with van der Waals surface area (Å²) in [5, 5.41) is 5.80. The quantitative estimate of drug-likeness (QED) is 0.573. The average Bonchev–Trinajstić information content (AvgIpc) is 2.03. The Hall–Kier alpha value is -0.610. The summed E-state index contributed by atoms with van der Waals surface area (Å²) in [6.45, 7) is 0.526. The zero-order valence-corrected chi connectivity index (χ0v) is 7.59. The Morgan fingerprint density at radius 3 is 2.75 bits per heavy atom. The van der Waals surface area contributed by atoms with Crippen molar-refractivity contribution < 1.29 is 9.53 Å². The summed E-state index contributed by atoms with van der Waals surface area (Å²) in [5.74, 6) is 0.278. The summed E-state index contributed by atoms with van der Waals surface area (Å²) in [7, 11) is 3.31. The molecule has 1 saturated carbocycles. The van der Waals surface area contributed by atoms with Gasteiger partial charge in [-0.3, -0.25) is 10.1 Å². The zero-order chi connectivity index (χ0) is 8.97. The van der Waals surface area contributed by atoms with E-state index in [9.17, 15) is 4.79 Å². The second-order valence-corrected chi connectivity index (χ2v) is 3.04. The van der Waals surface area contributed by atoms with Crippen LogP contribution >= 0.6 is 0 Å². The van der Waals surface area contributed by atoms with Gasteiger partial charge in [0.1, 0.15) is 0 Å². The first-order chi connectivity index (χ1) is 5.79. The van der Waals surface area contributed by atoms with Crippen LogP contribution < -0.4 is 10.6 Å². The van der Waals surface area contributed by atoms with Gasteiger partial charge >= 0.3 is 0 Å². The lowest BCUT2D eigenvalue weighted by atomic mass is 9.79. The summed E-state index contributed by atoms with van der Waals surface area (Å²) in [4.78, 5) is 11.2. The van der Waals surface area contributed by atoms with Crippen LogP contribution in [0.5, 0.6) is 0 Å². The molecule has 0 bridgehead atoms. The third kappa shape index (κ3) is 1.95. The van der Waals surface area contributed by atoms with Crippen molar-refractivity contribution in [3.63, 3.8) is 0 Å². The monoisotopic (exact) mass is 172 g/mol. The molecule has 0 aromatic rings. The molecule has 1 aliphatic rings. The van der Waals surface area contributed by atoms with Crippen molar-refractivity contribution in [2.24, 2.45) is 5.92 Å². The molecule has 4 heteroatoms. The molecule has 12 heavy (non-hydrogen) atoms. The van der Waals surface area contributed by atoms with Crippen LogP contribution in [-0.4, -0.2) is 32.8 Å². The molecule has 0 aliphatic heterocycles. The molecule has 0 heterocycles. The number of ether oxygens (including phenoxy) is 1. The van der Waals surface area contributed by atoms with E-state index >= 15 is 0 Å². The smallest absolute Gasteiger partial charge is 0.224 e. The van der Waals surface area contributed by atoms with E-state index in [0.29, 0.717) is 12.8 Å². The number of methoxy groups -OCH3 is 1. The summed E-state index contributed by atoms with van der Waals surface area (Å²) in [6.07, 6.45) is 2.06. The summed E-state index contributed by atoms with van der Waals surface area (Å²) < 4.78 is 4.87. The van der Waals surface area contributed by atoms with Gasteiger partial charge in [0, 0.05) is 20.2 Å². The molecule has 0 aromatic carbocycles. The van der Waals surface area contributed by atoms with Crippen molar-refractivity contribution >= 4 is 5.91 Å². The minimum absolute atomic E-state index is 0.134. The maximum atomic E-state index is 11.2. The van der Waals surface area contributed by atoms with Crippen LogP contribution in [0.4, 0.5) is 0 Å². The van der Waals surface area contributed by atoms with Gasteiger partial charge in [0.05, 0.1) is 12.6 Å². The maximum Gasteiger partial charge on any atom is 0.224 e. The molecule has 1 aliphatic carbocycles. The van der Waals surface area contributed by atoms with Crippen LogP contribution in [0.15, 0.2) is 0 Å². The van der Waals surface area contributed by atoms with E-state index < -0.39 is 0 Å². The second-order valence-electron chi connectivity index (χ2n) is 3.04. The number of nitrogens with one attached hydrogen (secondary N) is 2. The molecule has 0 aromatic heterocycles. The van der Waals surface area contributed by atoms with E-state index in [4.69, 9.17) is 4.74 Å². The molecule has 0 radical (unpaired) electrons. The van der Waals surface area contributed by atoms with Gasteiger partial charge in [0.25, 0.3) is 0 Å². The first kappa shape index (κ1) is 9.48. The number of amides is 1. The molecule has 4 nitrogen and oxygen atoms in total. The van der Waals surface area contributed by atoms with E-state index in [2.05, 4.69) is 10.6 Å². The zero-order valence-electron chi connectivity index (χ0n) is 7.59. The van der Waals surface area contributed by atoms with Crippen molar-refractivity contribution in [2.45, 2.75) is 18.9 Å². The van der Waals surface area contributed by atoms with Crippen molar-refractivity contribution in [2.75, 3.05) is 20.9 Å². The highest BCUT2D eigenvalue weighted by Crippen LogP contribution is 2.27. The Morgan fingerprint density at radius 1 is 1.58 bits per heavy atom. The normalized spacial score (nSPS) is 27.8. The highest BCUT2D eigenvalue weighted by molar-refractivity contribution is 5.80.